The molecular formula is C27H34BrN7O3. The summed E-state index contributed by atoms with van der Waals surface area (Å²) >= 11 is 3.62. The van der Waals surface area contributed by atoms with E-state index in [4.69, 9.17) is 4.74 Å². The zero-order valence-corrected chi connectivity index (χ0v) is 24.0. The number of aromatic nitrogens is 4. The van der Waals surface area contributed by atoms with Crippen LogP contribution in [-0.2, 0) is 27.8 Å². The van der Waals surface area contributed by atoms with Crippen molar-refractivity contribution in [1.29, 1.82) is 0 Å². The highest BCUT2D eigenvalue weighted by atomic mass is 79.9. The SMILES string of the molecule is CC[C@H](C(=O)N1CCN=C1Nc1ccc2nccnc2c1Br)C(COC(=O)C(C)(C)C)Cc1cncn1C. The van der Waals surface area contributed by atoms with Gasteiger partial charge in [0, 0.05) is 49.7 Å². The van der Waals surface area contributed by atoms with E-state index < -0.39 is 5.41 Å². The van der Waals surface area contributed by atoms with E-state index in [9.17, 15) is 9.59 Å². The second kappa shape index (κ2) is 11.6. The summed E-state index contributed by atoms with van der Waals surface area (Å²) in [4.78, 5) is 45.8. The first-order chi connectivity index (χ1) is 18.1. The van der Waals surface area contributed by atoms with Crippen molar-refractivity contribution in [3.05, 3.63) is 47.2 Å². The summed E-state index contributed by atoms with van der Waals surface area (Å²) in [5.41, 5.74) is 2.58. The summed E-state index contributed by atoms with van der Waals surface area (Å²) in [5.74, 6) is -0.452. The third-order valence-electron chi connectivity index (χ3n) is 6.69. The third kappa shape index (κ3) is 6.03. The standard InChI is InChI=1S/C27H34BrN7O3/c1-6-19(17(13-18-14-29-16-34(18)5)15-38-25(37)27(2,3)4)24(36)35-12-11-32-26(35)33-20-7-8-21-23(22(20)28)31-10-9-30-21/h7-10,14,16-17,19H,6,11-13,15H2,1-5H3,(H,32,33)/t17?,19-/m0/s1. The monoisotopic (exact) mass is 583 g/mol. The summed E-state index contributed by atoms with van der Waals surface area (Å²) in [5, 5.41) is 3.32. The highest BCUT2D eigenvalue weighted by molar-refractivity contribution is 9.10. The van der Waals surface area contributed by atoms with E-state index in [-0.39, 0.29) is 30.3 Å². The molecule has 3 aromatic rings. The van der Waals surface area contributed by atoms with Crippen molar-refractivity contribution >= 4 is 50.5 Å². The predicted octanol–water partition coefficient (Wildman–Crippen LogP) is 4.21. The van der Waals surface area contributed by atoms with Crippen LogP contribution in [0.1, 0.15) is 39.8 Å². The van der Waals surface area contributed by atoms with Gasteiger partial charge < -0.3 is 14.6 Å². The van der Waals surface area contributed by atoms with E-state index in [0.29, 0.717) is 31.9 Å². The molecule has 1 unspecified atom stereocenters. The van der Waals surface area contributed by atoms with Gasteiger partial charge in [0.25, 0.3) is 0 Å². The van der Waals surface area contributed by atoms with Gasteiger partial charge >= 0.3 is 5.97 Å². The molecule has 0 aliphatic carbocycles. The van der Waals surface area contributed by atoms with Crippen LogP contribution < -0.4 is 5.32 Å². The van der Waals surface area contributed by atoms with Crippen LogP contribution in [0.3, 0.4) is 0 Å². The molecule has 11 heteroatoms. The third-order valence-corrected chi connectivity index (χ3v) is 7.49. The number of rotatable bonds is 8. The average Bonchev–Trinajstić information content (AvgIpc) is 3.52. The number of carbonyl (C=O) groups excluding carboxylic acids is 2. The number of hydrogen-bond acceptors (Lipinski definition) is 8. The Labute approximate surface area is 231 Å². The lowest BCUT2D eigenvalue weighted by Crippen LogP contribution is -2.45. The molecule has 2 atom stereocenters. The van der Waals surface area contributed by atoms with Crippen molar-refractivity contribution in [2.45, 2.75) is 40.5 Å². The minimum atomic E-state index is -0.626. The van der Waals surface area contributed by atoms with Gasteiger partial charge in [-0.3, -0.25) is 29.4 Å². The molecule has 0 fully saturated rings. The molecular weight excluding hydrogens is 550 g/mol. The van der Waals surface area contributed by atoms with Crippen LogP contribution in [0.4, 0.5) is 5.69 Å². The van der Waals surface area contributed by atoms with Crippen LogP contribution in [-0.4, -0.2) is 62.0 Å². The summed E-state index contributed by atoms with van der Waals surface area (Å²) in [6, 6.07) is 3.76. The van der Waals surface area contributed by atoms with Gasteiger partial charge in [-0.25, -0.2) is 4.98 Å². The molecule has 1 amide bonds. The van der Waals surface area contributed by atoms with Gasteiger partial charge in [0.15, 0.2) is 0 Å². The maximum Gasteiger partial charge on any atom is 0.311 e. The number of esters is 1. The maximum atomic E-state index is 14.0. The molecule has 10 nitrogen and oxygen atoms in total. The zero-order valence-electron chi connectivity index (χ0n) is 22.4. The highest BCUT2D eigenvalue weighted by Gasteiger charge is 2.36. The van der Waals surface area contributed by atoms with E-state index in [2.05, 4.69) is 41.2 Å². The molecule has 0 saturated heterocycles. The molecule has 0 bridgehead atoms. The second-order valence-corrected chi connectivity index (χ2v) is 11.3. The second-order valence-electron chi connectivity index (χ2n) is 10.5. The number of aliphatic imine (C=N–C) groups is 1. The molecule has 0 radical (unpaired) electrons. The van der Waals surface area contributed by atoms with Crippen molar-refractivity contribution in [1.82, 2.24) is 24.4 Å². The van der Waals surface area contributed by atoms with Crippen LogP contribution in [0.15, 0.2) is 46.5 Å². The number of ether oxygens (including phenoxy) is 1. The zero-order chi connectivity index (χ0) is 27.4. The minimum Gasteiger partial charge on any atom is -0.465 e. The molecule has 1 aliphatic rings. The van der Waals surface area contributed by atoms with Gasteiger partial charge in [-0.1, -0.05) is 6.92 Å². The summed E-state index contributed by atoms with van der Waals surface area (Å²) in [6.45, 7) is 8.58. The topological polar surface area (TPSA) is 115 Å². The molecule has 0 saturated carbocycles. The van der Waals surface area contributed by atoms with Gasteiger partial charge in [0.1, 0.15) is 5.52 Å². The first-order valence-electron chi connectivity index (χ1n) is 12.7. The number of nitrogens with one attached hydrogen (secondary N) is 1. The van der Waals surface area contributed by atoms with Gasteiger partial charge in [-0.05, 0) is 61.7 Å². The number of hydrogen-bond donors (Lipinski definition) is 1. The Morgan fingerprint density at radius 1 is 1.21 bits per heavy atom. The van der Waals surface area contributed by atoms with Crippen molar-refractivity contribution < 1.29 is 14.3 Å². The molecule has 1 N–H and O–H groups in total. The first kappa shape index (κ1) is 27.7. The Bertz CT molecular complexity index is 1350. The lowest BCUT2D eigenvalue weighted by atomic mass is 9.85. The molecule has 1 aliphatic heterocycles. The summed E-state index contributed by atoms with van der Waals surface area (Å²) in [6.07, 6.45) is 7.96. The fraction of sp³-hybridized carbons (Fsp3) is 0.481. The van der Waals surface area contributed by atoms with Crippen molar-refractivity contribution in [3.8, 4) is 0 Å². The number of amides is 1. The van der Waals surface area contributed by atoms with Crippen LogP contribution in [0, 0.1) is 17.3 Å². The Morgan fingerprint density at radius 3 is 2.66 bits per heavy atom. The number of nitrogens with zero attached hydrogens (tertiary/aromatic N) is 6. The fourth-order valence-electron chi connectivity index (χ4n) is 4.46. The van der Waals surface area contributed by atoms with Crippen LogP contribution in [0.5, 0.6) is 0 Å². The normalized spacial score (nSPS) is 15.3. The molecule has 3 heterocycles. The number of benzene rings is 1. The van der Waals surface area contributed by atoms with E-state index in [1.54, 1.807) is 29.8 Å². The Kier molecular flexibility index (Phi) is 8.44. The van der Waals surface area contributed by atoms with Crippen molar-refractivity contribution in [2.75, 3.05) is 25.0 Å². The van der Waals surface area contributed by atoms with Crippen LogP contribution >= 0.6 is 15.9 Å². The summed E-state index contributed by atoms with van der Waals surface area (Å²) in [7, 11) is 1.92. The predicted molar refractivity (Wildman–Crippen MR) is 149 cm³/mol. The number of aryl methyl sites for hydroxylation is 1. The number of guanidine groups is 1. The van der Waals surface area contributed by atoms with E-state index >= 15 is 0 Å². The molecule has 0 spiro atoms. The molecule has 202 valence electrons. The van der Waals surface area contributed by atoms with Gasteiger partial charge in [0.2, 0.25) is 11.9 Å². The Balaban J connectivity index is 1.55. The average molecular weight is 585 g/mol. The fourth-order valence-corrected chi connectivity index (χ4v) is 5.00. The minimum absolute atomic E-state index is 0.0491. The number of fused-ring (bicyclic) bond motifs is 1. The smallest absolute Gasteiger partial charge is 0.311 e. The Hall–Kier alpha value is -3.34. The van der Waals surface area contributed by atoms with Crippen LogP contribution in [0.2, 0.25) is 0 Å². The van der Waals surface area contributed by atoms with Crippen molar-refractivity contribution in [2.24, 2.45) is 29.3 Å². The number of anilines is 1. The quantitative estimate of drug-likeness (QED) is 0.395. The molecule has 1 aromatic carbocycles. The maximum absolute atomic E-state index is 14.0. The first-order valence-corrected chi connectivity index (χ1v) is 13.5. The van der Waals surface area contributed by atoms with Gasteiger partial charge in [0.05, 0.1) is 40.6 Å². The van der Waals surface area contributed by atoms with Crippen molar-refractivity contribution in [3.63, 3.8) is 0 Å². The van der Waals surface area contributed by atoms with Gasteiger partial charge in [-0.15, -0.1) is 0 Å². The largest absolute Gasteiger partial charge is 0.465 e. The summed E-state index contributed by atoms with van der Waals surface area (Å²) < 4.78 is 8.41. The molecule has 38 heavy (non-hydrogen) atoms. The Morgan fingerprint density at radius 2 is 1.97 bits per heavy atom. The molecule has 4 rings (SSSR count). The van der Waals surface area contributed by atoms with Crippen LogP contribution in [0.25, 0.3) is 11.0 Å². The number of halogens is 1. The van der Waals surface area contributed by atoms with E-state index in [1.165, 1.54) is 0 Å². The number of imidazole rings is 1. The van der Waals surface area contributed by atoms with E-state index in [1.807, 2.05) is 51.4 Å². The number of carbonyl (C=O) groups is 2. The molecule has 2 aromatic heterocycles. The lowest BCUT2D eigenvalue weighted by Gasteiger charge is -2.30. The highest BCUT2D eigenvalue weighted by Crippen LogP contribution is 2.31. The van der Waals surface area contributed by atoms with Gasteiger partial charge in [-0.2, -0.15) is 0 Å². The lowest BCUT2D eigenvalue weighted by molar-refractivity contribution is -0.156. The van der Waals surface area contributed by atoms with E-state index in [0.717, 1.165) is 26.9 Å².